The zero-order chi connectivity index (χ0) is 22.8. The molecule has 0 aliphatic carbocycles. The van der Waals surface area contributed by atoms with Crippen molar-refractivity contribution in [1.82, 2.24) is 10.3 Å². The molecule has 32 heavy (non-hydrogen) atoms. The molecular weight excluding hydrogens is 412 g/mol. The molecule has 166 valence electrons. The number of amides is 1. The molecule has 0 aliphatic heterocycles. The Hall–Kier alpha value is -4.07. The van der Waals surface area contributed by atoms with Gasteiger partial charge in [-0.1, -0.05) is 30.3 Å². The van der Waals surface area contributed by atoms with Crippen molar-refractivity contribution in [3.05, 3.63) is 84.1 Å². The van der Waals surface area contributed by atoms with Crippen molar-refractivity contribution in [2.75, 3.05) is 20.3 Å². The first-order chi connectivity index (χ1) is 15.5. The molecule has 8 heteroatoms. The van der Waals surface area contributed by atoms with Crippen LogP contribution in [-0.2, 0) is 11.2 Å². The quantitative estimate of drug-likeness (QED) is 0.445. The van der Waals surface area contributed by atoms with Crippen molar-refractivity contribution in [3.8, 4) is 17.4 Å². The second-order valence-electron chi connectivity index (χ2n) is 6.80. The van der Waals surface area contributed by atoms with E-state index in [1.807, 2.05) is 6.07 Å². The Labute approximate surface area is 185 Å². The lowest BCUT2D eigenvalue weighted by Crippen LogP contribution is -2.29. The van der Waals surface area contributed by atoms with Crippen LogP contribution in [-0.4, -0.2) is 48.3 Å². The van der Waals surface area contributed by atoms with Gasteiger partial charge in [-0.05, 0) is 35.9 Å². The summed E-state index contributed by atoms with van der Waals surface area (Å²) in [6.07, 6.45) is 0.669. The third kappa shape index (κ3) is 6.73. The number of pyridine rings is 1. The Morgan fingerprint density at radius 1 is 1.00 bits per heavy atom. The zero-order valence-electron chi connectivity index (χ0n) is 17.6. The fourth-order valence-corrected chi connectivity index (χ4v) is 2.85. The number of hydrogen-bond acceptors (Lipinski definition) is 6. The van der Waals surface area contributed by atoms with Crippen LogP contribution in [0.2, 0.25) is 0 Å². The number of hydrogen-bond donors (Lipinski definition) is 2. The normalized spacial score (nSPS) is 11.3. The van der Waals surface area contributed by atoms with E-state index >= 15 is 0 Å². The second-order valence-corrected chi connectivity index (χ2v) is 6.80. The average Bonchev–Trinajstić information content (AvgIpc) is 2.83. The number of aromatic nitrogens is 1. The van der Waals surface area contributed by atoms with Gasteiger partial charge in [0.1, 0.15) is 18.1 Å². The van der Waals surface area contributed by atoms with Gasteiger partial charge in [0, 0.05) is 18.7 Å². The minimum absolute atomic E-state index is 0.219. The summed E-state index contributed by atoms with van der Waals surface area (Å²) < 4.78 is 16.2. The largest absolute Gasteiger partial charge is 0.492 e. The minimum atomic E-state index is -1.03. The van der Waals surface area contributed by atoms with Crippen LogP contribution in [0.1, 0.15) is 15.9 Å². The summed E-state index contributed by atoms with van der Waals surface area (Å²) in [7, 11) is 1.51. The third-order valence-corrected chi connectivity index (χ3v) is 4.51. The Bertz CT molecular complexity index is 1010. The van der Waals surface area contributed by atoms with Crippen LogP contribution in [0.5, 0.6) is 17.4 Å². The average molecular weight is 436 g/mol. The van der Waals surface area contributed by atoms with Crippen LogP contribution in [0.3, 0.4) is 0 Å². The molecule has 3 aromatic rings. The maximum Gasteiger partial charge on any atom is 0.345 e. The molecule has 0 spiro atoms. The van der Waals surface area contributed by atoms with E-state index in [1.54, 1.807) is 60.7 Å². The fraction of sp³-hybridized carbons (Fsp3) is 0.208. The van der Waals surface area contributed by atoms with E-state index in [4.69, 9.17) is 14.2 Å². The molecule has 1 atom stereocenters. The molecule has 0 saturated heterocycles. The number of carbonyl (C=O) groups is 2. The number of carboxylic acids is 1. The first-order valence-electron chi connectivity index (χ1n) is 9.99. The molecule has 0 aliphatic rings. The van der Waals surface area contributed by atoms with Gasteiger partial charge in [0.15, 0.2) is 6.10 Å². The van der Waals surface area contributed by atoms with Crippen LogP contribution in [0.15, 0.2) is 72.9 Å². The molecule has 1 amide bonds. The van der Waals surface area contributed by atoms with Crippen molar-refractivity contribution in [1.29, 1.82) is 0 Å². The van der Waals surface area contributed by atoms with Gasteiger partial charge >= 0.3 is 5.97 Å². The molecule has 1 unspecified atom stereocenters. The van der Waals surface area contributed by atoms with E-state index in [1.165, 1.54) is 13.3 Å². The molecule has 0 fully saturated rings. The number of methoxy groups -OCH3 is 1. The van der Waals surface area contributed by atoms with Gasteiger partial charge in [0.2, 0.25) is 5.88 Å². The Morgan fingerprint density at radius 3 is 2.38 bits per heavy atom. The zero-order valence-corrected chi connectivity index (χ0v) is 17.6. The summed E-state index contributed by atoms with van der Waals surface area (Å²) in [5, 5.41) is 12.2. The van der Waals surface area contributed by atoms with Gasteiger partial charge < -0.3 is 24.6 Å². The second kappa shape index (κ2) is 11.4. The molecule has 2 aromatic carbocycles. The van der Waals surface area contributed by atoms with Crippen LogP contribution < -0.4 is 19.5 Å². The molecule has 8 nitrogen and oxygen atoms in total. The van der Waals surface area contributed by atoms with E-state index in [0.717, 1.165) is 5.56 Å². The molecule has 0 saturated carbocycles. The standard InChI is InChI=1S/C24H24N2O6/c1-30-22-12-9-18(16-26-22)23(27)25-13-14-31-19-10-7-17(8-11-19)15-21(24(28)29)32-20-5-3-2-4-6-20/h2-12,16,21H,13-15H2,1H3,(H,25,27)(H,28,29). The van der Waals surface area contributed by atoms with Gasteiger partial charge in [-0.15, -0.1) is 0 Å². The van der Waals surface area contributed by atoms with Gasteiger partial charge in [-0.25, -0.2) is 9.78 Å². The third-order valence-electron chi connectivity index (χ3n) is 4.51. The number of para-hydroxylation sites is 1. The number of rotatable bonds is 11. The number of ether oxygens (including phenoxy) is 3. The van der Waals surface area contributed by atoms with E-state index in [0.29, 0.717) is 29.5 Å². The smallest absolute Gasteiger partial charge is 0.345 e. The van der Waals surface area contributed by atoms with Crippen LogP contribution in [0.25, 0.3) is 0 Å². The highest BCUT2D eigenvalue weighted by atomic mass is 16.5. The lowest BCUT2D eigenvalue weighted by atomic mass is 10.1. The topological polar surface area (TPSA) is 107 Å². The van der Waals surface area contributed by atoms with Crippen LogP contribution in [0, 0.1) is 0 Å². The van der Waals surface area contributed by atoms with E-state index < -0.39 is 12.1 Å². The predicted molar refractivity (Wildman–Crippen MR) is 117 cm³/mol. The van der Waals surface area contributed by atoms with Crippen molar-refractivity contribution in [2.24, 2.45) is 0 Å². The van der Waals surface area contributed by atoms with E-state index in [9.17, 15) is 14.7 Å². The molecule has 3 rings (SSSR count). The number of carbonyl (C=O) groups excluding carboxylic acids is 1. The minimum Gasteiger partial charge on any atom is -0.492 e. The summed E-state index contributed by atoms with van der Waals surface area (Å²) in [4.78, 5) is 27.6. The van der Waals surface area contributed by atoms with Gasteiger partial charge in [0.25, 0.3) is 5.91 Å². The molecule has 2 N–H and O–H groups in total. The van der Waals surface area contributed by atoms with E-state index in [2.05, 4.69) is 10.3 Å². The highest BCUT2D eigenvalue weighted by Crippen LogP contribution is 2.17. The van der Waals surface area contributed by atoms with Crippen LogP contribution in [0.4, 0.5) is 0 Å². The number of nitrogens with one attached hydrogen (secondary N) is 1. The Morgan fingerprint density at radius 2 is 1.75 bits per heavy atom. The summed E-state index contributed by atoms with van der Waals surface area (Å²) in [5.74, 6) is 0.279. The SMILES string of the molecule is COc1ccc(C(=O)NCCOc2ccc(CC(Oc3ccccc3)C(=O)O)cc2)cn1. The highest BCUT2D eigenvalue weighted by molar-refractivity contribution is 5.93. The van der Waals surface area contributed by atoms with Gasteiger partial charge in [-0.3, -0.25) is 4.79 Å². The summed E-state index contributed by atoms with van der Waals surface area (Å²) in [5.41, 5.74) is 1.24. The predicted octanol–water partition coefficient (Wildman–Crippen LogP) is 2.97. The summed E-state index contributed by atoms with van der Waals surface area (Å²) in [6, 6.07) is 19.2. The molecular formula is C24H24N2O6. The Kier molecular flexibility index (Phi) is 8.02. The van der Waals surface area contributed by atoms with Crippen molar-refractivity contribution in [2.45, 2.75) is 12.5 Å². The fourth-order valence-electron chi connectivity index (χ4n) is 2.85. The number of carboxylic acid groups (broad SMARTS) is 1. The molecule has 0 bridgehead atoms. The number of aliphatic carboxylic acids is 1. The van der Waals surface area contributed by atoms with Crippen molar-refractivity contribution in [3.63, 3.8) is 0 Å². The van der Waals surface area contributed by atoms with Crippen molar-refractivity contribution >= 4 is 11.9 Å². The van der Waals surface area contributed by atoms with Gasteiger partial charge in [0.05, 0.1) is 19.2 Å². The maximum atomic E-state index is 12.1. The van der Waals surface area contributed by atoms with Crippen LogP contribution >= 0.6 is 0 Å². The molecule has 1 aromatic heterocycles. The maximum absolute atomic E-state index is 12.1. The summed E-state index contributed by atoms with van der Waals surface area (Å²) in [6.45, 7) is 0.599. The lowest BCUT2D eigenvalue weighted by molar-refractivity contribution is -0.145. The lowest BCUT2D eigenvalue weighted by Gasteiger charge is -2.15. The van der Waals surface area contributed by atoms with E-state index in [-0.39, 0.29) is 18.9 Å². The molecule has 1 heterocycles. The summed E-state index contributed by atoms with van der Waals surface area (Å²) >= 11 is 0. The first-order valence-corrected chi connectivity index (χ1v) is 9.99. The van der Waals surface area contributed by atoms with Gasteiger partial charge in [-0.2, -0.15) is 0 Å². The first kappa shape index (κ1) is 22.6. The highest BCUT2D eigenvalue weighted by Gasteiger charge is 2.20. The molecule has 0 radical (unpaired) electrons. The van der Waals surface area contributed by atoms with Crippen molar-refractivity contribution < 1.29 is 28.9 Å². The number of benzene rings is 2. The number of nitrogens with zero attached hydrogens (tertiary/aromatic N) is 1. The monoisotopic (exact) mass is 436 g/mol. The Balaban J connectivity index is 1.44.